The minimum atomic E-state index is -0.327. The molecule has 2 rings (SSSR count). The van der Waals surface area contributed by atoms with Crippen LogP contribution in [0.4, 0.5) is 0 Å². The Kier molecular flexibility index (Phi) is 4.12. The first-order valence-electron chi connectivity index (χ1n) is 7.87. The van der Waals surface area contributed by atoms with Crippen LogP contribution in [0.3, 0.4) is 0 Å². The third-order valence-electron chi connectivity index (χ3n) is 4.80. The molecule has 1 saturated carbocycles. The lowest BCUT2D eigenvalue weighted by Gasteiger charge is -2.39. The number of rotatable bonds is 5. The van der Waals surface area contributed by atoms with E-state index in [9.17, 15) is 9.59 Å². The van der Waals surface area contributed by atoms with E-state index in [2.05, 4.69) is 33.0 Å². The van der Waals surface area contributed by atoms with Gasteiger partial charge >= 0.3 is 0 Å². The molecule has 0 spiro atoms. The summed E-state index contributed by atoms with van der Waals surface area (Å²) in [7, 11) is 0. The molecule has 1 heterocycles. The van der Waals surface area contributed by atoms with Crippen molar-refractivity contribution >= 4 is 11.8 Å². The molecule has 114 valence electrons. The maximum absolute atomic E-state index is 12.7. The van der Waals surface area contributed by atoms with Crippen LogP contribution in [-0.4, -0.2) is 35.3 Å². The van der Waals surface area contributed by atoms with Gasteiger partial charge in [0.25, 0.3) is 0 Å². The average molecular weight is 280 g/mol. The second kappa shape index (κ2) is 5.38. The molecule has 4 heteroatoms. The van der Waals surface area contributed by atoms with Gasteiger partial charge in [0.2, 0.25) is 11.8 Å². The van der Waals surface area contributed by atoms with Gasteiger partial charge in [-0.3, -0.25) is 9.59 Å². The SMILES string of the molecule is CCC1C(=O)NC(CC(C)C)C(=O)N1CC1CC1(C)C. The van der Waals surface area contributed by atoms with Crippen LogP contribution in [0.15, 0.2) is 0 Å². The topological polar surface area (TPSA) is 49.4 Å². The summed E-state index contributed by atoms with van der Waals surface area (Å²) >= 11 is 0. The zero-order chi connectivity index (χ0) is 15.1. The molecule has 2 fully saturated rings. The van der Waals surface area contributed by atoms with Crippen molar-refractivity contribution in [2.24, 2.45) is 17.3 Å². The number of carbonyl (C=O) groups excluding carboxylic acids is 2. The Morgan fingerprint density at radius 1 is 1.35 bits per heavy atom. The average Bonchev–Trinajstić information content (AvgIpc) is 2.92. The molecular formula is C16H28N2O2. The number of hydrogen-bond donors (Lipinski definition) is 1. The molecule has 4 nitrogen and oxygen atoms in total. The molecule has 3 atom stereocenters. The Hall–Kier alpha value is -1.06. The van der Waals surface area contributed by atoms with Crippen molar-refractivity contribution in [3.8, 4) is 0 Å². The van der Waals surface area contributed by atoms with Gasteiger partial charge in [-0.1, -0.05) is 34.6 Å². The number of amides is 2. The van der Waals surface area contributed by atoms with Gasteiger partial charge in [0.05, 0.1) is 0 Å². The minimum absolute atomic E-state index is 0.0243. The fourth-order valence-corrected chi connectivity index (χ4v) is 3.20. The van der Waals surface area contributed by atoms with Crippen LogP contribution < -0.4 is 5.32 Å². The summed E-state index contributed by atoms with van der Waals surface area (Å²) in [5.74, 6) is 1.09. The zero-order valence-corrected chi connectivity index (χ0v) is 13.4. The molecule has 3 unspecified atom stereocenters. The van der Waals surface area contributed by atoms with Crippen LogP contribution in [0.2, 0.25) is 0 Å². The molecule has 20 heavy (non-hydrogen) atoms. The summed E-state index contributed by atoms with van der Waals surface area (Å²) in [5.41, 5.74) is 0.333. The second-order valence-electron chi connectivity index (χ2n) is 7.49. The van der Waals surface area contributed by atoms with Gasteiger partial charge in [-0.05, 0) is 36.5 Å². The van der Waals surface area contributed by atoms with Crippen LogP contribution in [0, 0.1) is 17.3 Å². The van der Waals surface area contributed by atoms with E-state index in [4.69, 9.17) is 0 Å². The maximum Gasteiger partial charge on any atom is 0.245 e. The molecule has 2 aliphatic rings. The second-order valence-corrected chi connectivity index (χ2v) is 7.49. The van der Waals surface area contributed by atoms with Crippen LogP contribution in [0.1, 0.15) is 53.9 Å². The van der Waals surface area contributed by atoms with E-state index in [1.54, 1.807) is 0 Å². The number of nitrogens with one attached hydrogen (secondary N) is 1. The Labute approximate surface area is 122 Å². The number of piperazine rings is 1. The molecule has 1 aliphatic heterocycles. The first-order valence-corrected chi connectivity index (χ1v) is 7.87. The van der Waals surface area contributed by atoms with Gasteiger partial charge in [-0.25, -0.2) is 0 Å². The molecule has 0 radical (unpaired) electrons. The molecule has 0 aromatic rings. The van der Waals surface area contributed by atoms with Crippen LogP contribution >= 0.6 is 0 Å². The highest BCUT2D eigenvalue weighted by Gasteiger charge is 2.49. The largest absolute Gasteiger partial charge is 0.342 e. The van der Waals surface area contributed by atoms with E-state index in [0.29, 0.717) is 23.7 Å². The highest BCUT2D eigenvalue weighted by molar-refractivity contribution is 5.96. The summed E-state index contributed by atoms with van der Waals surface area (Å²) in [4.78, 5) is 26.7. The highest BCUT2D eigenvalue weighted by atomic mass is 16.2. The Bertz CT molecular complexity index is 403. The summed E-state index contributed by atoms with van der Waals surface area (Å²) in [6.07, 6.45) is 2.58. The molecule has 1 N–H and O–H groups in total. The number of hydrogen-bond acceptors (Lipinski definition) is 2. The minimum Gasteiger partial charge on any atom is -0.342 e. The lowest BCUT2D eigenvalue weighted by molar-refractivity contribution is -0.150. The molecule has 1 aliphatic carbocycles. The molecule has 0 bridgehead atoms. The Balaban J connectivity index is 2.11. The predicted octanol–water partition coefficient (Wildman–Crippen LogP) is 2.18. The van der Waals surface area contributed by atoms with E-state index >= 15 is 0 Å². The van der Waals surface area contributed by atoms with Crippen LogP contribution in [-0.2, 0) is 9.59 Å². The molecule has 0 aromatic carbocycles. The quantitative estimate of drug-likeness (QED) is 0.839. The first kappa shape index (κ1) is 15.3. The summed E-state index contributed by atoms with van der Waals surface area (Å²) in [6.45, 7) is 11.4. The molecular weight excluding hydrogens is 252 g/mol. The monoisotopic (exact) mass is 280 g/mol. The summed E-state index contributed by atoms with van der Waals surface area (Å²) in [6, 6.07) is -0.602. The van der Waals surface area contributed by atoms with Crippen LogP contribution in [0.25, 0.3) is 0 Å². The molecule has 2 amide bonds. The fraction of sp³-hybridized carbons (Fsp3) is 0.875. The summed E-state index contributed by atoms with van der Waals surface area (Å²) in [5, 5.41) is 2.91. The van der Waals surface area contributed by atoms with E-state index in [-0.39, 0.29) is 23.9 Å². The highest BCUT2D eigenvalue weighted by Crippen LogP contribution is 2.52. The lowest BCUT2D eigenvalue weighted by atomic mass is 9.97. The number of nitrogens with zero attached hydrogens (tertiary/aromatic N) is 1. The van der Waals surface area contributed by atoms with Crippen molar-refractivity contribution in [1.82, 2.24) is 10.2 Å². The van der Waals surface area contributed by atoms with E-state index in [1.165, 1.54) is 0 Å². The summed E-state index contributed by atoms with van der Waals surface area (Å²) < 4.78 is 0. The number of carbonyl (C=O) groups is 2. The molecule has 1 saturated heterocycles. The normalized spacial score (nSPS) is 32.5. The molecule has 0 aromatic heterocycles. The standard InChI is InChI=1S/C16H28N2O2/c1-6-13-14(19)17-12(7-10(2)3)15(20)18(13)9-11-8-16(11,4)5/h10-13H,6-9H2,1-5H3,(H,17,19). The van der Waals surface area contributed by atoms with Crippen molar-refractivity contribution in [3.63, 3.8) is 0 Å². The third-order valence-corrected chi connectivity index (χ3v) is 4.80. The van der Waals surface area contributed by atoms with Gasteiger partial charge in [-0.2, -0.15) is 0 Å². The van der Waals surface area contributed by atoms with Crippen molar-refractivity contribution in [3.05, 3.63) is 0 Å². The van der Waals surface area contributed by atoms with Gasteiger partial charge in [-0.15, -0.1) is 0 Å². The van der Waals surface area contributed by atoms with Crippen molar-refractivity contribution in [2.75, 3.05) is 6.54 Å². The zero-order valence-electron chi connectivity index (χ0n) is 13.4. The smallest absolute Gasteiger partial charge is 0.245 e. The van der Waals surface area contributed by atoms with E-state index < -0.39 is 0 Å². The van der Waals surface area contributed by atoms with Crippen molar-refractivity contribution < 1.29 is 9.59 Å². The first-order chi connectivity index (χ1) is 9.26. The third kappa shape index (κ3) is 2.99. The van der Waals surface area contributed by atoms with Gasteiger partial charge in [0.15, 0.2) is 0 Å². The predicted molar refractivity (Wildman–Crippen MR) is 79.1 cm³/mol. The lowest BCUT2D eigenvalue weighted by Crippen LogP contribution is -2.63. The van der Waals surface area contributed by atoms with Gasteiger partial charge in [0, 0.05) is 6.54 Å². The maximum atomic E-state index is 12.7. The fourth-order valence-electron chi connectivity index (χ4n) is 3.20. The van der Waals surface area contributed by atoms with E-state index in [0.717, 1.165) is 19.4 Å². The van der Waals surface area contributed by atoms with Crippen molar-refractivity contribution in [2.45, 2.75) is 66.0 Å². The Morgan fingerprint density at radius 2 is 1.95 bits per heavy atom. The van der Waals surface area contributed by atoms with Gasteiger partial charge < -0.3 is 10.2 Å². The van der Waals surface area contributed by atoms with Crippen LogP contribution in [0.5, 0.6) is 0 Å². The Morgan fingerprint density at radius 3 is 2.40 bits per heavy atom. The van der Waals surface area contributed by atoms with Crippen molar-refractivity contribution in [1.29, 1.82) is 0 Å². The van der Waals surface area contributed by atoms with Gasteiger partial charge in [0.1, 0.15) is 12.1 Å². The van der Waals surface area contributed by atoms with E-state index in [1.807, 2.05) is 11.8 Å².